The molecule has 3 nitrogen and oxygen atoms in total. The summed E-state index contributed by atoms with van der Waals surface area (Å²) in [7, 11) is 0. The van der Waals surface area contributed by atoms with E-state index in [1.807, 2.05) is 6.92 Å². The fraction of sp³-hybridized carbons (Fsp3) is 1.00. The van der Waals surface area contributed by atoms with E-state index in [4.69, 9.17) is 9.57 Å². The molecule has 3 heteroatoms. The molecule has 1 heterocycles. The topological polar surface area (TPSA) is 30.5 Å². The van der Waals surface area contributed by atoms with Crippen molar-refractivity contribution in [3.05, 3.63) is 0 Å². The molecule has 1 aliphatic rings. The number of hydroxylamine groups is 1. The van der Waals surface area contributed by atoms with Crippen molar-refractivity contribution in [2.75, 3.05) is 13.2 Å². The van der Waals surface area contributed by atoms with Crippen LogP contribution in [0.3, 0.4) is 0 Å². The van der Waals surface area contributed by atoms with E-state index in [0.717, 1.165) is 32.5 Å². The SMILES string of the molecule is CCONC1CCOC(CC)C1. The Hall–Kier alpha value is -0.120. The Morgan fingerprint density at radius 1 is 1.50 bits per heavy atom. The first kappa shape index (κ1) is 9.96. The van der Waals surface area contributed by atoms with Gasteiger partial charge >= 0.3 is 0 Å². The molecular formula is C9H19NO2. The second kappa shape index (κ2) is 5.51. The van der Waals surface area contributed by atoms with Crippen molar-refractivity contribution in [3.8, 4) is 0 Å². The lowest BCUT2D eigenvalue weighted by molar-refractivity contribution is -0.0497. The van der Waals surface area contributed by atoms with E-state index in [2.05, 4.69) is 12.4 Å². The lowest BCUT2D eigenvalue weighted by Gasteiger charge is -2.28. The molecule has 1 saturated heterocycles. The minimum Gasteiger partial charge on any atom is -0.378 e. The van der Waals surface area contributed by atoms with Gasteiger partial charge in [0.1, 0.15) is 0 Å². The van der Waals surface area contributed by atoms with Gasteiger partial charge in [0.25, 0.3) is 0 Å². The standard InChI is InChI=1S/C9H19NO2/c1-3-9-7-8(5-6-11-9)10-12-4-2/h8-10H,3-7H2,1-2H3. The van der Waals surface area contributed by atoms with Crippen LogP contribution < -0.4 is 5.48 Å². The molecule has 0 saturated carbocycles. The minimum atomic E-state index is 0.428. The first-order valence-corrected chi connectivity index (χ1v) is 4.85. The van der Waals surface area contributed by atoms with E-state index in [1.54, 1.807) is 0 Å². The summed E-state index contributed by atoms with van der Waals surface area (Å²) in [4.78, 5) is 5.16. The van der Waals surface area contributed by atoms with Crippen molar-refractivity contribution in [1.29, 1.82) is 0 Å². The lowest BCUT2D eigenvalue weighted by atomic mass is 10.0. The van der Waals surface area contributed by atoms with E-state index in [9.17, 15) is 0 Å². The summed E-state index contributed by atoms with van der Waals surface area (Å²) in [6, 6.07) is 0.489. The van der Waals surface area contributed by atoms with E-state index in [0.29, 0.717) is 12.1 Å². The van der Waals surface area contributed by atoms with Crippen LogP contribution in [0.4, 0.5) is 0 Å². The molecule has 12 heavy (non-hydrogen) atoms. The van der Waals surface area contributed by atoms with Crippen molar-refractivity contribution in [3.63, 3.8) is 0 Å². The van der Waals surface area contributed by atoms with Crippen LogP contribution in [-0.2, 0) is 9.57 Å². The van der Waals surface area contributed by atoms with Gasteiger partial charge in [-0.05, 0) is 26.2 Å². The molecule has 0 aromatic carbocycles. The zero-order valence-electron chi connectivity index (χ0n) is 8.01. The van der Waals surface area contributed by atoms with Crippen LogP contribution in [0.25, 0.3) is 0 Å². The zero-order chi connectivity index (χ0) is 8.81. The molecule has 1 aliphatic heterocycles. The molecule has 1 fully saturated rings. The van der Waals surface area contributed by atoms with Gasteiger partial charge in [-0.25, -0.2) is 0 Å². The Bertz CT molecular complexity index is 119. The van der Waals surface area contributed by atoms with Gasteiger partial charge < -0.3 is 9.57 Å². The predicted octanol–water partition coefficient (Wildman–Crippen LogP) is 1.49. The van der Waals surface area contributed by atoms with Crippen LogP contribution >= 0.6 is 0 Å². The van der Waals surface area contributed by atoms with Crippen molar-refractivity contribution in [2.45, 2.75) is 45.3 Å². The summed E-state index contributed by atoms with van der Waals surface area (Å²) in [5.41, 5.74) is 3.06. The number of nitrogens with one attached hydrogen (secondary N) is 1. The minimum absolute atomic E-state index is 0.428. The molecule has 0 amide bonds. The molecule has 1 N–H and O–H groups in total. The zero-order valence-corrected chi connectivity index (χ0v) is 8.01. The summed E-state index contributed by atoms with van der Waals surface area (Å²) in [6.45, 7) is 5.74. The third kappa shape index (κ3) is 3.09. The van der Waals surface area contributed by atoms with E-state index >= 15 is 0 Å². The molecule has 0 radical (unpaired) electrons. The molecule has 0 aliphatic carbocycles. The van der Waals surface area contributed by atoms with Crippen LogP contribution in [0.15, 0.2) is 0 Å². The van der Waals surface area contributed by atoms with E-state index < -0.39 is 0 Å². The van der Waals surface area contributed by atoms with Gasteiger partial charge in [0, 0.05) is 12.6 Å². The highest BCUT2D eigenvalue weighted by atomic mass is 16.6. The maximum absolute atomic E-state index is 5.54. The van der Waals surface area contributed by atoms with Gasteiger partial charge in [0.2, 0.25) is 0 Å². The fourth-order valence-corrected chi connectivity index (χ4v) is 1.47. The quantitative estimate of drug-likeness (QED) is 0.653. The maximum atomic E-state index is 5.54. The average molecular weight is 173 g/mol. The predicted molar refractivity (Wildman–Crippen MR) is 47.8 cm³/mol. The summed E-state index contributed by atoms with van der Waals surface area (Å²) in [5.74, 6) is 0. The molecular weight excluding hydrogens is 154 g/mol. The summed E-state index contributed by atoms with van der Waals surface area (Å²) < 4.78 is 5.54. The Balaban J connectivity index is 2.16. The number of hydrogen-bond acceptors (Lipinski definition) is 3. The van der Waals surface area contributed by atoms with Crippen LogP contribution in [0.1, 0.15) is 33.1 Å². The highest BCUT2D eigenvalue weighted by Crippen LogP contribution is 2.15. The van der Waals surface area contributed by atoms with Gasteiger partial charge in [0.05, 0.1) is 12.7 Å². The smallest absolute Gasteiger partial charge is 0.0654 e. The second-order valence-corrected chi connectivity index (χ2v) is 3.17. The number of rotatable bonds is 4. The van der Waals surface area contributed by atoms with E-state index in [-0.39, 0.29) is 0 Å². The third-order valence-electron chi connectivity index (χ3n) is 2.22. The van der Waals surface area contributed by atoms with Crippen molar-refractivity contribution in [2.24, 2.45) is 0 Å². The number of ether oxygens (including phenoxy) is 1. The summed E-state index contributed by atoms with van der Waals surface area (Å²) in [6.07, 6.45) is 3.67. The highest BCUT2D eigenvalue weighted by molar-refractivity contribution is 4.73. The highest BCUT2D eigenvalue weighted by Gasteiger charge is 2.20. The molecule has 2 unspecified atom stereocenters. The van der Waals surface area contributed by atoms with Crippen molar-refractivity contribution in [1.82, 2.24) is 5.48 Å². The van der Waals surface area contributed by atoms with Crippen LogP contribution in [-0.4, -0.2) is 25.4 Å². The van der Waals surface area contributed by atoms with Gasteiger partial charge in [-0.2, -0.15) is 5.48 Å². The Morgan fingerprint density at radius 3 is 3.00 bits per heavy atom. The number of hydrogen-bond donors (Lipinski definition) is 1. The first-order valence-electron chi connectivity index (χ1n) is 4.85. The first-order chi connectivity index (χ1) is 5.86. The Morgan fingerprint density at radius 2 is 2.33 bits per heavy atom. The maximum Gasteiger partial charge on any atom is 0.0654 e. The van der Waals surface area contributed by atoms with Crippen LogP contribution in [0, 0.1) is 0 Å². The Labute approximate surface area is 74.4 Å². The summed E-state index contributed by atoms with van der Waals surface area (Å²) >= 11 is 0. The van der Waals surface area contributed by atoms with E-state index in [1.165, 1.54) is 0 Å². The fourth-order valence-electron chi connectivity index (χ4n) is 1.47. The molecule has 0 aromatic rings. The Kier molecular flexibility index (Phi) is 4.58. The van der Waals surface area contributed by atoms with Crippen molar-refractivity contribution >= 4 is 0 Å². The van der Waals surface area contributed by atoms with Gasteiger partial charge in [-0.1, -0.05) is 6.92 Å². The van der Waals surface area contributed by atoms with Gasteiger partial charge in [-0.3, -0.25) is 0 Å². The van der Waals surface area contributed by atoms with Crippen molar-refractivity contribution < 1.29 is 9.57 Å². The average Bonchev–Trinajstić information content (AvgIpc) is 2.15. The largest absolute Gasteiger partial charge is 0.378 e. The second-order valence-electron chi connectivity index (χ2n) is 3.17. The molecule has 0 bridgehead atoms. The monoisotopic (exact) mass is 173 g/mol. The molecule has 1 rings (SSSR count). The normalized spacial score (nSPS) is 30.5. The van der Waals surface area contributed by atoms with Gasteiger partial charge in [0.15, 0.2) is 0 Å². The third-order valence-corrected chi connectivity index (χ3v) is 2.22. The van der Waals surface area contributed by atoms with Gasteiger partial charge in [-0.15, -0.1) is 0 Å². The molecule has 72 valence electrons. The van der Waals surface area contributed by atoms with Crippen LogP contribution in [0.5, 0.6) is 0 Å². The molecule has 0 spiro atoms. The lowest BCUT2D eigenvalue weighted by Crippen LogP contribution is -2.38. The molecule has 2 atom stereocenters. The van der Waals surface area contributed by atoms with Crippen LogP contribution in [0.2, 0.25) is 0 Å². The molecule has 0 aromatic heterocycles. The summed E-state index contributed by atoms with van der Waals surface area (Å²) in [5, 5.41) is 0.